The highest BCUT2D eigenvalue weighted by atomic mass is 32.2. The molecule has 1 fully saturated rings. The number of carbonyl (C=O) groups excluding carboxylic acids is 1. The summed E-state index contributed by atoms with van der Waals surface area (Å²) in [5.74, 6) is 0.814. The molecule has 1 saturated heterocycles. The number of nitrogens with zero attached hydrogens (tertiary/aromatic N) is 3. The van der Waals surface area contributed by atoms with Gasteiger partial charge >= 0.3 is 0 Å². The van der Waals surface area contributed by atoms with Gasteiger partial charge in [-0.1, -0.05) is 47.2 Å². The highest BCUT2D eigenvalue weighted by molar-refractivity contribution is 8.15. The predicted molar refractivity (Wildman–Crippen MR) is 86.3 cm³/mol. The maximum absolute atomic E-state index is 12.3. The van der Waals surface area contributed by atoms with Crippen LogP contribution in [0, 0.1) is 0 Å². The molecule has 6 heteroatoms. The van der Waals surface area contributed by atoms with Crippen molar-refractivity contribution in [2.24, 2.45) is 5.16 Å². The van der Waals surface area contributed by atoms with Gasteiger partial charge in [-0.25, -0.2) is 0 Å². The quantitative estimate of drug-likeness (QED) is 0.592. The molecule has 1 amide bonds. The Kier molecular flexibility index (Phi) is 6.07. The van der Waals surface area contributed by atoms with Gasteiger partial charge < -0.3 is 14.6 Å². The largest absolute Gasteiger partial charge is 0.393 e. The van der Waals surface area contributed by atoms with Gasteiger partial charge in [-0.15, -0.1) is 0 Å². The third-order valence-electron chi connectivity index (χ3n) is 3.06. The lowest BCUT2D eigenvalue weighted by atomic mass is 10.2. The van der Waals surface area contributed by atoms with E-state index in [1.54, 1.807) is 0 Å². The van der Waals surface area contributed by atoms with Gasteiger partial charge in [0.15, 0.2) is 0 Å². The van der Waals surface area contributed by atoms with Crippen LogP contribution in [0.25, 0.3) is 0 Å². The summed E-state index contributed by atoms with van der Waals surface area (Å²) in [4.78, 5) is 21.4. The molecule has 1 aromatic rings. The molecule has 5 nitrogen and oxygen atoms in total. The molecule has 0 atom stereocenters. The predicted octanol–water partition coefficient (Wildman–Crippen LogP) is 1.65. The number of thioether (sulfide) groups is 1. The van der Waals surface area contributed by atoms with Crippen molar-refractivity contribution in [3.63, 3.8) is 0 Å². The van der Waals surface area contributed by atoms with E-state index in [2.05, 4.69) is 5.16 Å². The van der Waals surface area contributed by atoms with Crippen LogP contribution in [0.5, 0.6) is 0 Å². The first-order chi connectivity index (χ1) is 10.2. The molecule has 114 valence electrons. The smallest absolute Gasteiger partial charge is 0.282 e. The molecule has 0 aliphatic carbocycles. The number of hydrogen-bond donors (Lipinski definition) is 0. The van der Waals surface area contributed by atoms with E-state index in [0.29, 0.717) is 18.2 Å². The third-order valence-corrected chi connectivity index (χ3v) is 3.97. The van der Waals surface area contributed by atoms with Crippen molar-refractivity contribution in [2.75, 3.05) is 39.5 Å². The first-order valence-electron chi connectivity index (χ1n) is 6.97. The number of likely N-dealkylation sites (N-methyl/N-ethyl adjacent to an activating group) is 1. The van der Waals surface area contributed by atoms with Crippen LogP contribution in [0.4, 0.5) is 0 Å². The summed E-state index contributed by atoms with van der Waals surface area (Å²) in [6, 6.07) is 10.00. The van der Waals surface area contributed by atoms with E-state index in [9.17, 15) is 4.79 Å². The van der Waals surface area contributed by atoms with Crippen LogP contribution >= 0.6 is 11.8 Å². The first-order valence-corrected chi connectivity index (χ1v) is 7.96. The Bertz CT molecular complexity index is 491. The summed E-state index contributed by atoms with van der Waals surface area (Å²) in [6.45, 7) is 2.64. The molecule has 2 rings (SSSR count). The summed E-state index contributed by atoms with van der Waals surface area (Å²) in [7, 11) is 3.94. The molecule has 0 spiro atoms. The van der Waals surface area contributed by atoms with Gasteiger partial charge in [0.2, 0.25) is 5.04 Å². The lowest BCUT2D eigenvalue weighted by Gasteiger charge is -2.26. The first kappa shape index (κ1) is 15.9. The Morgan fingerprint density at radius 3 is 2.81 bits per heavy atom. The number of carbonyl (C=O) groups is 1. The molecule has 0 aromatic heterocycles. The lowest BCUT2D eigenvalue weighted by Crippen LogP contribution is -2.40. The second-order valence-corrected chi connectivity index (χ2v) is 6.18. The normalized spacial score (nSPS) is 17.6. The van der Waals surface area contributed by atoms with Crippen LogP contribution in [0.3, 0.4) is 0 Å². The molecule has 0 saturated carbocycles. The van der Waals surface area contributed by atoms with E-state index in [4.69, 9.17) is 4.84 Å². The molecule has 0 unspecified atom stereocenters. The van der Waals surface area contributed by atoms with E-state index in [1.807, 2.05) is 54.2 Å². The third kappa shape index (κ3) is 5.06. The average Bonchev–Trinajstić information content (AvgIpc) is 2.48. The molecule has 0 bridgehead atoms. The fourth-order valence-electron chi connectivity index (χ4n) is 1.90. The fraction of sp³-hybridized carbons (Fsp3) is 0.467. The van der Waals surface area contributed by atoms with Crippen molar-refractivity contribution in [3.05, 3.63) is 35.9 Å². The Morgan fingerprint density at radius 1 is 1.33 bits per heavy atom. The van der Waals surface area contributed by atoms with Gasteiger partial charge in [0.1, 0.15) is 6.61 Å². The standard InChI is InChI=1S/C15H21N3O2S/c1-17(2)8-10-20-16-14-15(19)18(9-11-21-14)12-13-6-4-3-5-7-13/h3-7H,8-12H2,1-2H3/b16-14+. The SMILES string of the molecule is CN(C)CCO/N=C1/SCCN(Cc2ccccc2)C1=O. The highest BCUT2D eigenvalue weighted by Gasteiger charge is 2.26. The summed E-state index contributed by atoms with van der Waals surface area (Å²) in [5, 5.41) is 4.44. The van der Waals surface area contributed by atoms with Gasteiger partial charge in [0.25, 0.3) is 5.91 Å². The van der Waals surface area contributed by atoms with E-state index in [1.165, 1.54) is 11.8 Å². The number of amides is 1. The molecular weight excluding hydrogens is 286 g/mol. The molecule has 1 aliphatic rings. The number of rotatable bonds is 6. The van der Waals surface area contributed by atoms with Crippen molar-refractivity contribution in [3.8, 4) is 0 Å². The van der Waals surface area contributed by atoms with Crippen LogP contribution in [0.15, 0.2) is 35.5 Å². The van der Waals surface area contributed by atoms with Crippen LogP contribution in [-0.2, 0) is 16.2 Å². The zero-order valence-electron chi connectivity index (χ0n) is 12.5. The Labute approximate surface area is 129 Å². The van der Waals surface area contributed by atoms with E-state index >= 15 is 0 Å². The van der Waals surface area contributed by atoms with Crippen LogP contribution in [0.2, 0.25) is 0 Å². The zero-order valence-corrected chi connectivity index (χ0v) is 13.3. The monoisotopic (exact) mass is 307 g/mol. The lowest BCUT2D eigenvalue weighted by molar-refractivity contribution is -0.124. The molecule has 21 heavy (non-hydrogen) atoms. The zero-order chi connectivity index (χ0) is 15.1. The van der Waals surface area contributed by atoms with E-state index in [-0.39, 0.29) is 5.91 Å². The van der Waals surface area contributed by atoms with Crippen molar-refractivity contribution in [2.45, 2.75) is 6.54 Å². The molecule has 1 heterocycles. The van der Waals surface area contributed by atoms with Gasteiger partial charge in [0.05, 0.1) is 0 Å². The second kappa shape index (κ2) is 8.05. The van der Waals surface area contributed by atoms with Gasteiger partial charge in [-0.2, -0.15) is 0 Å². The molecule has 1 aromatic carbocycles. The second-order valence-electron chi connectivity index (χ2n) is 5.09. The maximum atomic E-state index is 12.3. The topological polar surface area (TPSA) is 45.1 Å². The minimum Gasteiger partial charge on any atom is -0.393 e. The number of hydrogen-bond acceptors (Lipinski definition) is 5. The van der Waals surface area contributed by atoms with Crippen molar-refractivity contribution < 1.29 is 9.63 Å². The van der Waals surface area contributed by atoms with Crippen molar-refractivity contribution in [1.82, 2.24) is 9.80 Å². The van der Waals surface area contributed by atoms with E-state index in [0.717, 1.165) is 24.4 Å². The molecule has 0 N–H and O–H groups in total. The van der Waals surface area contributed by atoms with Gasteiger partial charge in [0, 0.05) is 25.4 Å². The average molecular weight is 307 g/mol. The Hall–Kier alpha value is -1.53. The Morgan fingerprint density at radius 2 is 2.10 bits per heavy atom. The van der Waals surface area contributed by atoms with Crippen molar-refractivity contribution in [1.29, 1.82) is 0 Å². The maximum Gasteiger partial charge on any atom is 0.282 e. The summed E-state index contributed by atoms with van der Waals surface area (Å²) in [5.41, 5.74) is 1.13. The number of benzene rings is 1. The van der Waals surface area contributed by atoms with Crippen LogP contribution < -0.4 is 0 Å². The summed E-state index contributed by atoms with van der Waals surface area (Å²) >= 11 is 1.46. The van der Waals surface area contributed by atoms with Crippen molar-refractivity contribution >= 4 is 22.7 Å². The fourth-order valence-corrected chi connectivity index (χ4v) is 2.76. The van der Waals surface area contributed by atoms with Gasteiger partial charge in [-0.05, 0) is 19.7 Å². The van der Waals surface area contributed by atoms with Crippen LogP contribution in [0.1, 0.15) is 5.56 Å². The van der Waals surface area contributed by atoms with E-state index < -0.39 is 0 Å². The molecule has 0 radical (unpaired) electrons. The minimum atomic E-state index is -0.0417. The van der Waals surface area contributed by atoms with Gasteiger partial charge in [-0.3, -0.25) is 4.79 Å². The Balaban J connectivity index is 1.90. The molecular formula is C15H21N3O2S. The highest BCUT2D eigenvalue weighted by Crippen LogP contribution is 2.17. The minimum absolute atomic E-state index is 0.0417. The summed E-state index contributed by atoms with van der Waals surface area (Å²) in [6.07, 6.45) is 0. The molecule has 1 aliphatic heterocycles. The number of oxime groups is 1. The summed E-state index contributed by atoms with van der Waals surface area (Å²) < 4.78 is 0. The van der Waals surface area contributed by atoms with Crippen LogP contribution in [-0.4, -0.2) is 60.3 Å².